The van der Waals surface area contributed by atoms with Crippen molar-refractivity contribution in [2.75, 3.05) is 25.3 Å². The van der Waals surface area contributed by atoms with Crippen LogP contribution in [0.25, 0.3) is 0 Å². The van der Waals surface area contributed by atoms with Gasteiger partial charge in [-0.2, -0.15) is 0 Å². The summed E-state index contributed by atoms with van der Waals surface area (Å²) in [7, 11) is 0. The summed E-state index contributed by atoms with van der Waals surface area (Å²) >= 11 is 0. The molecular formula is C23H26N4O4. The molecule has 8 heteroatoms. The lowest BCUT2D eigenvalue weighted by Crippen LogP contribution is -2.35. The normalized spacial score (nSPS) is 11.9. The molecule has 0 unspecified atom stereocenters. The monoisotopic (exact) mass is 422 g/mol. The van der Waals surface area contributed by atoms with Crippen LogP contribution < -0.4 is 19.5 Å². The highest BCUT2D eigenvalue weighted by atomic mass is 16.7. The maximum absolute atomic E-state index is 13.2. The van der Waals surface area contributed by atoms with Gasteiger partial charge in [-0.05, 0) is 31.5 Å². The molecule has 1 N–H and O–H groups in total. The van der Waals surface area contributed by atoms with E-state index >= 15 is 0 Å². The van der Waals surface area contributed by atoms with Crippen LogP contribution in [-0.2, 0) is 13.1 Å². The third kappa shape index (κ3) is 5.28. The van der Waals surface area contributed by atoms with Crippen LogP contribution in [0.15, 0.2) is 61.2 Å². The molecule has 0 fully saturated rings. The molecule has 8 nitrogen and oxygen atoms in total. The van der Waals surface area contributed by atoms with Crippen LogP contribution in [0.5, 0.6) is 17.2 Å². The van der Waals surface area contributed by atoms with Gasteiger partial charge in [0.05, 0.1) is 19.5 Å². The second-order valence-electron chi connectivity index (χ2n) is 7.11. The minimum absolute atomic E-state index is 0.184. The number of nitrogens with zero attached hydrogens (tertiary/aromatic N) is 3. The third-order valence-corrected chi connectivity index (χ3v) is 4.95. The van der Waals surface area contributed by atoms with Gasteiger partial charge in [0, 0.05) is 42.8 Å². The Balaban J connectivity index is 1.47. The number of benzene rings is 2. The van der Waals surface area contributed by atoms with Crippen molar-refractivity contribution in [3.63, 3.8) is 0 Å². The smallest absolute Gasteiger partial charge is 0.322 e. The number of carbonyl (C=O) groups is 1. The predicted molar refractivity (Wildman–Crippen MR) is 116 cm³/mol. The Labute approximate surface area is 181 Å². The lowest BCUT2D eigenvalue weighted by atomic mass is 10.2. The van der Waals surface area contributed by atoms with Gasteiger partial charge in [0.15, 0.2) is 11.5 Å². The predicted octanol–water partition coefficient (Wildman–Crippen LogP) is 4.13. The second-order valence-corrected chi connectivity index (χ2v) is 7.11. The number of urea groups is 1. The molecular weight excluding hydrogens is 396 g/mol. The Kier molecular flexibility index (Phi) is 6.56. The first-order valence-corrected chi connectivity index (χ1v) is 10.3. The highest BCUT2D eigenvalue weighted by molar-refractivity contribution is 5.89. The quantitative estimate of drug-likeness (QED) is 0.561. The number of rotatable bonds is 9. The zero-order valence-electron chi connectivity index (χ0n) is 17.5. The number of carbonyl (C=O) groups excluding carboxylic acids is 1. The van der Waals surface area contributed by atoms with Crippen LogP contribution in [0.1, 0.15) is 18.9 Å². The Morgan fingerprint density at radius 3 is 2.94 bits per heavy atom. The second kappa shape index (κ2) is 9.88. The summed E-state index contributed by atoms with van der Waals surface area (Å²) in [5.41, 5.74) is 1.62. The van der Waals surface area contributed by atoms with Gasteiger partial charge < -0.3 is 29.0 Å². The SMILES string of the molecule is CCOc1ccccc1CN(CCCn1ccnc1)C(=O)Nc1ccc2c(c1)OCO2. The molecule has 0 bridgehead atoms. The van der Waals surface area contributed by atoms with Crippen molar-refractivity contribution in [3.05, 3.63) is 66.7 Å². The molecule has 0 spiro atoms. The molecule has 2 heterocycles. The summed E-state index contributed by atoms with van der Waals surface area (Å²) in [4.78, 5) is 19.0. The molecule has 2 amide bonds. The molecule has 31 heavy (non-hydrogen) atoms. The van der Waals surface area contributed by atoms with Crippen molar-refractivity contribution in [2.24, 2.45) is 0 Å². The first-order chi connectivity index (χ1) is 15.2. The lowest BCUT2D eigenvalue weighted by Gasteiger charge is -2.24. The van der Waals surface area contributed by atoms with Gasteiger partial charge in [0.2, 0.25) is 6.79 Å². The van der Waals surface area contributed by atoms with Crippen molar-refractivity contribution >= 4 is 11.7 Å². The fourth-order valence-corrected chi connectivity index (χ4v) is 3.43. The average Bonchev–Trinajstić information content (AvgIpc) is 3.46. The van der Waals surface area contributed by atoms with Gasteiger partial charge in [0.1, 0.15) is 5.75 Å². The van der Waals surface area contributed by atoms with E-state index in [0.29, 0.717) is 36.9 Å². The number of anilines is 1. The molecule has 0 aliphatic carbocycles. The Bertz CT molecular complexity index is 1010. The van der Waals surface area contributed by atoms with Crippen LogP contribution in [-0.4, -0.2) is 40.4 Å². The number of amides is 2. The van der Waals surface area contributed by atoms with E-state index in [1.807, 2.05) is 48.0 Å². The summed E-state index contributed by atoms with van der Waals surface area (Å²) in [5.74, 6) is 2.10. The number of para-hydroxylation sites is 1. The first kappa shape index (κ1) is 20.6. The minimum Gasteiger partial charge on any atom is -0.494 e. The highest BCUT2D eigenvalue weighted by Gasteiger charge is 2.18. The van der Waals surface area contributed by atoms with Crippen molar-refractivity contribution in [2.45, 2.75) is 26.4 Å². The number of aromatic nitrogens is 2. The zero-order valence-corrected chi connectivity index (χ0v) is 17.5. The fourth-order valence-electron chi connectivity index (χ4n) is 3.43. The topological polar surface area (TPSA) is 77.9 Å². The molecule has 1 aromatic heterocycles. The molecule has 0 atom stereocenters. The number of nitrogens with one attached hydrogen (secondary N) is 1. The summed E-state index contributed by atoms with van der Waals surface area (Å²) < 4.78 is 18.5. The van der Waals surface area contributed by atoms with Crippen molar-refractivity contribution in [3.8, 4) is 17.2 Å². The van der Waals surface area contributed by atoms with Gasteiger partial charge in [-0.25, -0.2) is 9.78 Å². The van der Waals surface area contributed by atoms with Gasteiger partial charge in [-0.1, -0.05) is 18.2 Å². The lowest BCUT2D eigenvalue weighted by molar-refractivity contribution is 0.174. The van der Waals surface area contributed by atoms with Crippen LogP contribution in [0, 0.1) is 0 Å². The van der Waals surface area contributed by atoms with E-state index in [9.17, 15) is 4.79 Å². The molecule has 0 saturated carbocycles. The maximum Gasteiger partial charge on any atom is 0.322 e. The maximum atomic E-state index is 13.2. The van der Waals surface area contributed by atoms with Crippen LogP contribution in [0.2, 0.25) is 0 Å². The van der Waals surface area contributed by atoms with Crippen LogP contribution in [0.3, 0.4) is 0 Å². The number of ether oxygens (including phenoxy) is 3. The van der Waals surface area contributed by atoms with Crippen molar-refractivity contribution in [1.82, 2.24) is 14.5 Å². The number of aryl methyl sites for hydroxylation is 1. The minimum atomic E-state index is -0.184. The number of hydrogen-bond acceptors (Lipinski definition) is 5. The van der Waals surface area contributed by atoms with Gasteiger partial charge in [-0.15, -0.1) is 0 Å². The largest absolute Gasteiger partial charge is 0.494 e. The molecule has 2 aromatic carbocycles. The number of hydrogen-bond donors (Lipinski definition) is 1. The molecule has 3 aromatic rings. The Morgan fingerprint density at radius 1 is 1.23 bits per heavy atom. The highest BCUT2D eigenvalue weighted by Crippen LogP contribution is 2.34. The number of fused-ring (bicyclic) bond motifs is 1. The fraction of sp³-hybridized carbons (Fsp3) is 0.304. The molecule has 1 aliphatic rings. The Morgan fingerprint density at radius 2 is 2.10 bits per heavy atom. The van der Waals surface area contributed by atoms with E-state index in [1.165, 1.54) is 0 Å². The zero-order chi connectivity index (χ0) is 21.5. The van der Waals surface area contributed by atoms with Crippen LogP contribution in [0.4, 0.5) is 10.5 Å². The first-order valence-electron chi connectivity index (χ1n) is 10.3. The Hall–Kier alpha value is -3.68. The average molecular weight is 422 g/mol. The standard InChI is InChI=1S/C23H26N4O4/c1-2-29-20-7-4-3-6-18(20)15-27(12-5-11-26-13-10-24-16-26)23(28)25-19-8-9-21-22(14-19)31-17-30-21/h3-4,6-10,13-14,16H,2,5,11-12,15,17H2,1H3,(H,25,28). The number of imidazole rings is 1. The molecule has 0 radical (unpaired) electrons. The van der Waals surface area contributed by atoms with E-state index in [-0.39, 0.29) is 12.8 Å². The van der Waals surface area contributed by atoms with E-state index in [2.05, 4.69) is 10.3 Å². The molecule has 0 saturated heterocycles. The summed E-state index contributed by atoms with van der Waals surface area (Å²) in [6.45, 7) is 4.51. The third-order valence-electron chi connectivity index (χ3n) is 4.95. The summed E-state index contributed by atoms with van der Waals surface area (Å²) in [6.07, 6.45) is 6.24. The van der Waals surface area contributed by atoms with E-state index in [0.717, 1.165) is 24.3 Å². The van der Waals surface area contributed by atoms with Gasteiger partial charge >= 0.3 is 6.03 Å². The van der Waals surface area contributed by atoms with Gasteiger partial charge in [0.25, 0.3) is 0 Å². The molecule has 1 aliphatic heterocycles. The summed E-state index contributed by atoms with van der Waals surface area (Å²) in [6, 6.07) is 13.0. The van der Waals surface area contributed by atoms with Gasteiger partial charge in [-0.3, -0.25) is 0 Å². The van der Waals surface area contributed by atoms with E-state index in [4.69, 9.17) is 14.2 Å². The summed E-state index contributed by atoms with van der Waals surface area (Å²) in [5, 5.41) is 2.98. The molecule has 4 rings (SSSR count). The van der Waals surface area contributed by atoms with Crippen molar-refractivity contribution in [1.29, 1.82) is 0 Å². The van der Waals surface area contributed by atoms with Crippen molar-refractivity contribution < 1.29 is 19.0 Å². The molecule has 162 valence electrons. The van der Waals surface area contributed by atoms with Crippen LogP contribution >= 0.6 is 0 Å². The van der Waals surface area contributed by atoms with E-state index < -0.39 is 0 Å². The van der Waals surface area contributed by atoms with E-state index in [1.54, 1.807) is 29.6 Å².